The van der Waals surface area contributed by atoms with E-state index in [4.69, 9.17) is 10.5 Å². The molecular formula is C15H24BrN3O. The van der Waals surface area contributed by atoms with E-state index in [0.29, 0.717) is 12.6 Å². The smallest absolute Gasteiger partial charge is 0.123 e. The minimum Gasteiger partial charge on any atom is -0.496 e. The van der Waals surface area contributed by atoms with Crippen LogP contribution in [0.15, 0.2) is 22.7 Å². The number of halogens is 1. The van der Waals surface area contributed by atoms with E-state index in [1.807, 2.05) is 12.1 Å². The molecular weight excluding hydrogens is 318 g/mol. The van der Waals surface area contributed by atoms with Gasteiger partial charge in [0, 0.05) is 42.3 Å². The van der Waals surface area contributed by atoms with Crippen molar-refractivity contribution in [3.8, 4) is 5.75 Å². The molecule has 4 nitrogen and oxygen atoms in total. The zero-order valence-corrected chi connectivity index (χ0v) is 14.1. The molecule has 1 fully saturated rings. The van der Waals surface area contributed by atoms with Gasteiger partial charge in [-0.25, -0.2) is 0 Å². The summed E-state index contributed by atoms with van der Waals surface area (Å²) < 4.78 is 6.58. The first-order valence-corrected chi connectivity index (χ1v) is 7.84. The highest BCUT2D eigenvalue weighted by molar-refractivity contribution is 9.10. The van der Waals surface area contributed by atoms with Gasteiger partial charge in [-0.05, 0) is 32.2 Å². The third kappa shape index (κ3) is 3.34. The van der Waals surface area contributed by atoms with Gasteiger partial charge in [0.05, 0.1) is 13.2 Å². The monoisotopic (exact) mass is 341 g/mol. The Balaban J connectivity index is 2.30. The minimum atomic E-state index is 0.200. The molecule has 0 spiro atoms. The number of methoxy groups -OCH3 is 1. The quantitative estimate of drug-likeness (QED) is 0.910. The van der Waals surface area contributed by atoms with E-state index in [1.165, 1.54) is 5.56 Å². The fraction of sp³-hybridized carbons (Fsp3) is 0.600. The highest BCUT2D eigenvalue weighted by atomic mass is 79.9. The van der Waals surface area contributed by atoms with Crippen molar-refractivity contribution in [2.45, 2.75) is 19.0 Å². The maximum atomic E-state index is 6.08. The molecule has 20 heavy (non-hydrogen) atoms. The molecule has 2 rings (SSSR count). The van der Waals surface area contributed by atoms with Crippen LogP contribution in [-0.2, 0) is 0 Å². The van der Waals surface area contributed by atoms with Crippen molar-refractivity contribution in [1.82, 2.24) is 9.80 Å². The Kier molecular flexibility index (Phi) is 5.43. The van der Waals surface area contributed by atoms with Crippen LogP contribution in [0.2, 0.25) is 0 Å². The predicted octanol–water partition coefficient (Wildman–Crippen LogP) is 2.09. The maximum Gasteiger partial charge on any atom is 0.123 e. The van der Waals surface area contributed by atoms with Gasteiger partial charge in [-0.1, -0.05) is 15.9 Å². The number of rotatable bonds is 4. The summed E-state index contributed by atoms with van der Waals surface area (Å²) in [5.41, 5.74) is 7.25. The molecule has 0 aliphatic carbocycles. The van der Waals surface area contributed by atoms with Gasteiger partial charge < -0.3 is 15.4 Å². The molecule has 0 bridgehead atoms. The van der Waals surface area contributed by atoms with Crippen LogP contribution in [0.3, 0.4) is 0 Å². The van der Waals surface area contributed by atoms with Gasteiger partial charge in [-0.15, -0.1) is 0 Å². The Bertz CT molecular complexity index is 455. The third-order valence-corrected chi connectivity index (χ3v) is 4.55. The number of nitrogens with two attached hydrogens (primary N) is 1. The van der Waals surface area contributed by atoms with Crippen molar-refractivity contribution in [3.05, 3.63) is 28.2 Å². The standard InChI is InChI=1S/C15H24BrN3O/c1-11-10-18(2)6-7-19(11)14(9-17)13-8-12(16)4-5-15(13)20-3/h4-5,8,11,14H,6-7,9-10,17H2,1-3H3. The van der Waals surface area contributed by atoms with Gasteiger partial charge in [-0.3, -0.25) is 4.90 Å². The Hall–Kier alpha value is -0.620. The topological polar surface area (TPSA) is 41.7 Å². The zero-order chi connectivity index (χ0) is 14.7. The average Bonchev–Trinajstić information content (AvgIpc) is 2.42. The van der Waals surface area contributed by atoms with Crippen LogP contribution in [0, 0.1) is 0 Å². The van der Waals surface area contributed by atoms with E-state index in [1.54, 1.807) is 7.11 Å². The first-order chi connectivity index (χ1) is 9.56. The Labute approximate surface area is 130 Å². The van der Waals surface area contributed by atoms with E-state index in [9.17, 15) is 0 Å². The highest BCUT2D eigenvalue weighted by Gasteiger charge is 2.29. The molecule has 0 radical (unpaired) electrons. The lowest BCUT2D eigenvalue weighted by molar-refractivity contribution is 0.0626. The number of benzene rings is 1. The predicted molar refractivity (Wildman–Crippen MR) is 86.2 cm³/mol. The molecule has 1 aromatic carbocycles. The summed E-state index contributed by atoms with van der Waals surface area (Å²) in [7, 11) is 3.89. The molecule has 1 aliphatic rings. The summed E-state index contributed by atoms with van der Waals surface area (Å²) in [6.45, 7) is 6.06. The molecule has 2 N–H and O–H groups in total. The molecule has 1 aromatic rings. The van der Waals surface area contributed by atoms with Crippen LogP contribution >= 0.6 is 15.9 Å². The van der Waals surface area contributed by atoms with Gasteiger partial charge in [0.1, 0.15) is 5.75 Å². The number of ether oxygens (including phenoxy) is 1. The molecule has 0 amide bonds. The summed E-state index contributed by atoms with van der Waals surface area (Å²) in [5.74, 6) is 0.912. The number of hydrogen-bond donors (Lipinski definition) is 1. The minimum absolute atomic E-state index is 0.200. The first-order valence-electron chi connectivity index (χ1n) is 7.04. The zero-order valence-electron chi connectivity index (χ0n) is 12.5. The van der Waals surface area contributed by atoms with Crippen molar-refractivity contribution in [2.75, 3.05) is 40.3 Å². The molecule has 5 heteroatoms. The normalized spacial score (nSPS) is 22.8. The molecule has 0 aromatic heterocycles. The molecule has 2 unspecified atom stereocenters. The van der Waals surface area contributed by atoms with Crippen LogP contribution < -0.4 is 10.5 Å². The van der Waals surface area contributed by atoms with E-state index in [2.05, 4.69) is 45.8 Å². The van der Waals surface area contributed by atoms with Crippen molar-refractivity contribution in [2.24, 2.45) is 5.73 Å². The summed E-state index contributed by atoms with van der Waals surface area (Å²) in [6.07, 6.45) is 0. The van der Waals surface area contributed by atoms with Crippen LogP contribution in [0.1, 0.15) is 18.5 Å². The van der Waals surface area contributed by atoms with E-state index in [0.717, 1.165) is 29.9 Å². The maximum absolute atomic E-state index is 6.08. The second kappa shape index (κ2) is 6.89. The first kappa shape index (κ1) is 15.8. The average molecular weight is 342 g/mol. The van der Waals surface area contributed by atoms with Crippen molar-refractivity contribution in [3.63, 3.8) is 0 Å². The van der Waals surface area contributed by atoms with Gasteiger partial charge in [-0.2, -0.15) is 0 Å². The van der Waals surface area contributed by atoms with Crippen molar-refractivity contribution < 1.29 is 4.74 Å². The van der Waals surface area contributed by atoms with Crippen LogP contribution in [0.4, 0.5) is 0 Å². The summed E-state index contributed by atoms with van der Waals surface area (Å²) in [6, 6.07) is 6.82. The van der Waals surface area contributed by atoms with Gasteiger partial charge >= 0.3 is 0 Å². The fourth-order valence-electron chi connectivity index (χ4n) is 3.02. The number of likely N-dealkylation sites (N-methyl/N-ethyl adjacent to an activating group) is 1. The summed E-state index contributed by atoms with van der Waals surface area (Å²) in [4.78, 5) is 4.86. The van der Waals surface area contributed by atoms with E-state index >= 15 is 0 Å². The molecule has 1 heterocycles. The van der Waals surface area contributed by atoms with Gasteiger partial charge in [0.2, 0.25) is 0 Å². The summed E-state index contributed by atoms with van der Waals surface area (Å²) >= 11 is 3.55. The largest absolute Gasteiger partial charge is 0.496 e. The molecule has 2 atom stereocenters. The number of nitrogens with zero attached hydrogens (tertiary/aromatic N) is 2. The summed E-state index contributed by atoms with van der Waals surface area (Å²) in [5, 5.41) is 0. The molecule has 1 saturated heterocycles. The third-order valence-electron chi connectivity index (χ3n) is 4.06. The lowest BCUT2D eigenvalue weighted by atomic mass is 10.0. The second-order valence-corrected chi connectivity index (χ2v) is 6.40. The van der Waals surface area contributed by atoms with Gasteiger partial charge in [0.15, 0.2) is 0 Å². The van der Waals surface area contributed by atoms with E-state index in [-0.39, 0.29) is 6.04 Å². The van der Waals surface area contributed by atoms with Crippen LogP contribution in [0.5, 0.6) is 5.75 Å². The number of piperazine rings is 1. The highest BCUT2D eigenvalue weighted by Crippen LogP contribution is 2.33. The second-order valence-electron chi connectivity index (χ2n) is 5.49. The Morgan fingerprint density at radius 2 is 2.20 bits per heavy atom. The molecule has 112 valence electrons. The van der Waals surface area contributed by atoms with Crippen LogP contribution in [-0.4, -0.2) is 56.2 Å². The van der Waals surface area contributed by atoms with Gasteiger partial charge in [0.25, 0.3) is 0 Å². The van der Waals surface area contributed by atoms with Crippen molar-refractivity contribution in [1.29, 1.82) is 0 Å². The molecule has 1 aliphatic heterocycles. The van der Waals surface area contributed by atoms with Crippen molar-refractivity contribution >= 4 is 15.9 Å². The lowest BCUT2D eigenvalue weighted by Gasteiger charge is -2.43. The van der Waals surface area contributed by atoms with Crippen LogP contribution in [0.25, 0.3) is 0 Å². The Morgan fingerprint density at radius 1 is 1.45 bits per heavy atom. The molecule has 0 saturated carbocycles. The fourth-order valence-corrected chi connectivity index (χ4v) is 3.40. The SMILES string of the molecule is COc1ccc(Br)cc1C(CN)N1CCN(C)CC1C. The number of hydrogen-bond acceptors (Lipinski definition) is 4. The Morgan fingerprint density at radius 3 is 2.80 bits per heavy atom. The van der Waals surface area contributed by atoms with E-state index < -0.39 is 0 Å². The lowest BCUT2D eigenvalue weighted by Crippen LogP contribution is -2.52.